The summed E-state index contributed by atoms with van der Waals surface area (Å²) in [4.78, 5) is 30.9. The molecule has 10 heteroatoms. The average Bonchev–Trinajstić information content (AvgIpc) is 2.93. The van der Waals surface area contributed by atoms with Gasteiger partial charge in [-0.2, -0.15) is 0 Å². The van der Waals surface area contributed by atoms with Crippen molar-refractivity contribution in [3.63, 3.8) is 0 Å². The Balaban J connectivity index is 1.64. The van der Waals surface area contributed by atoms with Gasteiger partial charge in [0.05, 0.1) is 51.6 Å². The number of thioether (sulfide) groups is 1. The van der Waals surface area contributed by atoms with E-state index in [1.165, 1.54) is 33.1 Å². The van der Waals surface area contributed by atoms with E-state index in [0.717, 1.165) is 5.56 Å². The minimum Gasteiger partial charge on any atom is -0.497 e. The van der Waals surface area contributed by atoms with Gasteiger partial charge in [0.15, 0.2) is 16.7 Å². The molecule has 9 nitrogen and oxygen atoms in total. The number of para-hydroxylation sites is 1. The maximum Gasteiger partial charge on any atom is 0.262 e. The van der Waals surface area contributed by atoms with Crippen LogP contribution in [0.2, 0.25) is 0 Å². The van der Waals surface area contributed by atoms with Crippen molar-refractivity contribution in [2.45, 2.75) is 11.7 Å². The topological polar surface area (TPSA) is 101 Å². The predicted octanol–water partition coefficient (Wildman–Crippen LogP) is 4.21. The molecule has 37 heavy (non-hydrogen) atoms. The summed E-state index contributed by atoms with van der Waals surface area (Å²) in [7, 11) is 6.18. The molecule has 0 aliphatic carbocycles. The summed E-state index contributed by atoms with van der Waals surface area (Å²) in [6.45, 7) is 0.190. The zero-order chi connectivity index (χ0) is 26.4. The Labute approximate surface area is 218 Å². The highest BCUT2D eigenvalue weighted by Gasteiger charge is 2.17. The Morgan fingerprint density at radius 2 is 1.59 bits per heavy atom. The Hall–Kier alpha value is -4.18. The fourth-order valence-corrected chi connectivity index (χ4v) is 4.61. The molecule has 4 aromatic rings. The predicted molar refractivity (Wildman–Crippen MR) is 144 cm³/mol. The van der Waals surface area contributed by atoms with Crippen LogP contribution >= 0.6 is 11.8 Å². The van der Waals surface area contributed by atoms with Crippen LogP contribution in [0.15, 0.2) is 70.6 Å². The molecule has 0 aliphatic rings. The molecule has 0 saturated carbocycles. The summed E-state index contributed by atoms with van der Waals surface area (Å²) < 4.78 is 23.0. The van der Waals surface area contributed by atoms with Crippen LogP contribution in [0.3, 0.4) is 0 Å². The van der Waals surface area contributed by atoms with Crippen molar-refractivity contribution in [3.8, 4) is 23.0 Å². The van der Waals surface area contributed by atoms with Gasteiger partial charge >= 0.3 is 0 Å². The normalized spacial score (nSPS) is 10.7. The summed E-state index contributed by atoms with van der Waals surface area (Å²) in [5, 5.41) is 3.76. The number of anilines is 1. The molecule has 4 rings (SSSR count). The van der Waals surface area contributed by atoms with Crippen molar-refractivity contribution in [1.29, 1.82) is 0 Å². The van der Waals surface area contributed by atoms with E-state index in [1.54, 1.807) is 66.3 Å². The lowest BCUT2D eigenvalue weighted by atomic mass is 10.1. The fourth-order valence-electron chi connectivity index (χ4n) is 3.81. The van der Waals surface area contributed by atoms with Gasteiger partial charge in [-0.15, -0.1) is 0 Å². The van der Waals surface area contributed by atoms with Crippen molar-refractivity contribution in [3.05, 3.63) is 76.6 Å². The van der Waals surface area contributed by atoms with Crippen LogP contribution < -0.4 is 29.8 Å². The minimum atomic E-state index is -0.225. The van der Waals surface area contributed by atoms with Gasteiger partial charge in [0.1, 0.15) is 5.75 Å². The Bertz CT molecular complexity index is 1440. The number of hydrogen-bond acceptors (Lipinski definition) is 8. The molecule has 1 amide bonds. The molecule has 3 aromatic carbocycles. The summed E-state index contributed by atoms with van der Waals surface area (Å²) in [5.41, 5.74) is 1.75. The second-order valence-corrected chi connectivity index (χ2v) is 8.84. The van der Waals surface area contributed by atoms with Crippen molar-refractivity contribution in [1.82, 2.24) is 9.55 Å². The third-order valence-electron chi connectivity index (χ3n) is 5.60. The van der Waals surface area contributed by atoms with E-state index < -0.39 is 0 Å². The van der Waals surface area contributed by atoms with Crippen molar-refractivity contribution < 1.29 is 23.7 Å². The first-order chi connectivity index (χ1) is 18.0. The summed E-state index contributed by atoms with van der Waals surface area (Å²) >= 11 is 1.19. The molecular formula is C27H27N3O6S. The zero-order valence-electron chi connectivity index (χ0n) is 20.9. The van der Waals surface area contributed by atoms with Crippen LogP contribution in [0.25, 0.3) is 10.9 Å². The molecule has 0 atom stereocenters. The lowest BCUT2D eigenvalue weighted by Crippen LogP contribution is -2.25. The fraction of sp³-hybridized carbons (Fsp3) is 0.222. The number of rotatable bonds is 10. The number of aromatic nitrogens is 2. The van der Waals surface area contributed by atoms with Gasteiger partial charge in [-0.3, -0.25) is 14.2 Å². The lowest BCUT2D eigenvalue weighted by molar-refractivity contribution is -0.113. The first kappa shape index (κ1) is 25.9. The van der Waals surface area contributed by atoms with Crippen LogP contribution in [-0.2, 0) is 11.3 Å². The summed E-state index contributed by atoms with van der Waals surface area (Å²) in [5.74, 6) is 1.95. The molecule has 1 heterocycles. The molecule has 0 spiro atoms. The maximum absolute atomic E-state index is 13.5. The van der Waals surface area contributed by atoms with E-state index in [0.29, 0.717) is 44.7 Å². The second kappa shape index (κ2) is 11.7. The molecule has 1 N–H and O–H groups in total. The molecule has 0 unspecified atom stereocenters. The van der Waals surface area contributed by atoms with E-state index in [1.807, 2.05) is 6.07 Å². The van der Waals surface area contributed by atoms with Crippen LogP contribution in [0.4, 0.5) is 5.69 Å². The van der Waals surface area contributed by atoms with Gasteiger partial charge in [-0.1, -0.05) is 23.9 Å². The van der Waals surface area contributed by atoms with Crippen LogP contribution in [0.5, 0.6) is 23.0 Å². The van der Waals surface area contributed by atoms with Gasteiger partial charge in [-0.25, -0.2) is 4.98 Å². The van der Waals surface area contributed by atoms with Gasteiger partial charge < -0.3 is 24.3 Å². The number of hydrogen-bond donors (Lipinski definition) is 1. The number of amides is 1. The minimum absolute atomic E-state index is 0.0616. The Kier molecular flexibility index (Phi) is 8.19. The number of ether oxygens (including phenoxy) is 4. The molecule has 0 radical (unpaired) electrons. The number of carbonyl (C=O) groups is 1. The third-order valence-corrected chi connectivity index (χ3v) is 6.57. The lowest BCUT2D eigenvalue weighted by Gasteiger charge is -2.16. The first-order valence-electron chi connectivity index (χ1n) is 11.3. The molecule has 0 aliphatic heterocycles. The largest absolute Gasteiger partial charge is 0.497 e. The number of nitrogens with one attached hydrogen (secondary N) is 1. The highest BCUT2D eigenvalue weighted by atomic mass is 32.2. The van der Waals surface area contributed by atoms with Gasteiger partial charge in [-0.05, 0) is 54.1 Å². The number of carbonyl (C=O) groups excluding carboxylic acids is 1. The van der Waals surface area contributed by atoms with Crippen LogP contribution in [0.1, 0.15) is 5.56 Å². The van der Waals surface area contributed by atoms with Crippen LogP contribution in [-0.4, -0.2) is 49.7 Å². The molecule has 0 saturated heterocycles. The number of methoxy groups -OCH3 is 4. The Morgan fingerprint density at radius 3 is 2.22 bits per heavy atom. The molecule has 1 aromatic heterocycles. The summed E-state index contributed by atoms with van der Waals surface area (Å²) in [6, 6.07) is 17.8. The number of benzene rings is 3. The van der Waals surface area contributed by atoms with E-state index >= 15 is 0 Å². The van der Waals surface area contributed by atoms with Crippen LogP contribution in [0, 0.1) is 0 Å². The quantitative estimate of drug-likeness (QED) is 0.245. The van der Waals surface area contributed by atoms with E-state index in [4.69, 9.17) is 23.9 Å². The highest BCUT2D eigenvalue weighted by molar-refractivity contribution is 7.99. The van der Waals surface area contributed by atoms with Crippen molar-refractivity contribution in [2.75, 3.05) is 39.5 Å². The van der Waals surface area contributed by atoms with E-state index in [9.17, 15) is 9.59 Å². The van der Waals surface area contributed by atoms with Crippen molar-refractivity contribution >= 4 is 34.3 Å². The van der Waals surface area contributed by atoms with E-state index in [-0.39, 0.29) is 23.8 Å². The second-order valence-electron chi connectivity index (χ2n) is 7.90. The standard InChI is InChI=1S/C27H27N3O6S/c1-33-19-11-9-18(10-12-19)28-24(31)16-37-27-29-21-8-6-5-7-20(21)26(32)30(27)15-17-13-22(34-2)25(36-4)23(14-17)35-3/h5-14H,15-16H2,1-4H3,(H,28,31). The third kappa shape index (κ3) is 5.80. The van der Waals surface area contributed by atoms with E-state index in [2.05, 4.69) is 5.32 Å². The molecular weight excluding hydrogens is 494 g/mol. The number of nitrogens with zero attached hydrogens (tertiary/aromatic N) is 2. The summed E-state index contributed by atoms with van der Waals surface area (Å²) in [6.07, 6.45) is 0. The Morgan fingerprint density at radius 1 is 0.919 bits per heavy atom. The highest BCUT2D eigenvalue weighted by Crippen LogP contribution is 2.38. The maximum atomic E-state index is 13.5. The van der Waals surface area contributed by atoms with Crippen molar-refractivity contribution in [2.24, 2.45) is 0 Å². The van der Waals surface area contributed by atoms with Gasteiger partial charge in [0.25, 0.3) is 5.56 Å². The molecule has 192 valence electrons. The number of fused-ring (bicyclic) bond motifs is 1. The van der Waals surface area contributed by atoms with Gasteiger partial charge in [0, 0.05) is 5.69 Å². The first-order valence-corrected chi connectivity index (χ1v) is 12.3. The smallest absolute Gasteiger partial charge is 0.262 e. The average molecular weight is 522 g/mol. The van der Waals surface area contributed by atoms with Gasteiger partial charge in [0.2, 0.25) is 11.7 Å². The SMILES string of the molecule is COc1ccc(NC(=O)CSc2nc3ccccc3c(=O)n2Cc2cc(OC)c(OC)c(OC)c2)cc1. The molecule has 0 fully saturated rings. The zero-order valence-corrected chi connectivity index (χ0v) is 21.8. The monoisotopic (exact) mass is 521 g/mol. The molecule has 0 bridgehead atoms.